The molecule has 0 aromatic carbocycles. The first-order valence-electron chi connectivity index (χ1n) is 9.55. The lowest BCUT2D eigenvalue weighted by Gasteiger charge is -2.42. The van der Waals surface area contributed by atoms with Crippen LogP contribution in [0.3, 0.4) is 0 Å². The molecule has 0 radical (unpaired) electrons. The number of epoxide rings is 1. The van der Waals surface area contributed by atoms with Crippen molar-refractivity contribution in [2.75, 3.05) is 0 Å². The van der Waals surface area contributed by atoms with Crippen molar-refractivity contribution in [1.29, 1.82) is 0 Å². The molecule has 3 heterocycles. The van der Waals surface area contributed by atoms with Gasteiger partial charge in [0.15, 0.2) is 0 Å². The minimum atomic E-state index is -0.341. The minimum absolute atomic E-state index is 0.0383. The SMILES string of the molecule is O=C(CC1CC[C@@H]2O[C@@H]3C[C@]2(C[C@H]2O[C@H]23)O1)OC1(P)CCCCC1. The lowest BCUT2D eigenvalue weighted by atomic mass is 9.78. The summed E-state index contributed by atoms with van der Waals surface area (Å²) in [6, 6.07) is 0. The Hall–Kier alpha value is -0.220. The van der Waals surface area contributed by atoms with Crippen molar-refractivity contribution in [3.8, 4) is 0 Å². The smallest absolute Gasteiger partial charge is 0.309 e. The lowest BCUT2D eigenvalue weighted by molar-refractivity contribution is -0.183. The summed E-state index contributed by atoms with van der Waals surface area (Å²) in [5.41, 5.74) is -0.213. The second-order valence-corrected chi connectivity index (χ2v) is 9.45. The molecule has 3 aliphatic heterocycles. The van der Waals surface area contributed by atoms with Gasteiger partial charge in [-0.3, -0.25) is 4.79 Å². The van der Waals surface area contributed by atoms with Crippen molar-refractivity contribution < 1.29 is 23.7 Å². The molecule has 2 saturated carbocycles. The van der Waals surface area contributed by atoms with Crippen LogP contribution in [0.25, 0.3) is 0 Å². The van der Waals surface area contributed by atoms with Crippen molar-refractivity contribution in [2.24, 2.45) is 0 Å². The van der Waals surface area contributed by atoms with E-state index in [0.29, 0.717) is 18.6 Å². The maximum absolute atomic E-state index is 12.4. The average Bonchev–Trinajstić information content (AvgIpc) is 3.22. The van der Waals surface area contributed by atoms with Crippen molar-refractivity contribution >= 4 is 15.2 Å². The Labute approximate surface area is 145 Å². The summed E-state index contributed by atoms with van der Waals surface area (Å²) >= 11 is 0. The van der Waals surface area contributed by atoms with Crippen LogP contribution in [0.4, 0.5) is 0 Å². The molecule has 0 amide bonds. The highest BCUT2D eigenvalue weighted by Gasteiger charge is 2.66. The molecular formula is C18H27O5P. The van der Waals surface area contributed by atoms with Crippen LogP contribution in [0, 0.1) is 0 Å². The van der Waals surface area contributed by atoms with Crippen LogP contribution in [0.1, 0.15) is 64.2 Å². The minimum Gasteiger partial charge on any atom is -0.455 e. The van der Waals surface area contributed by atoms with Crippen molar-refractivity contribution in [3.63, 3.8) is 0 Å². The lowest BCUT2D eigenvalue weighted by Crippen LogP contribution is -2.50. The van der Waals surface area contributed by atoms with Gasteiger partial charge in [-0.15, -0.1) is 0 Å². The fourth-order valence-electron chi connectivity index (χ4n) is 5.33. The van der Waals surface area contributed by atoms with Gasteiger partial charge < -0.3 is 18.9 Å². The number of carbonyl (C=O) groups is 1. The highest BCUT2D eigenvalue weighted by Crippen LogP contribution is 2.55. The van der Waals surface area contributed by atoms with Gasteiger partial charge in [-0.05, 0) is 38.5 Å². The first-order valence-corrected chi connectivity index (χ1v) is 10.1. The van der Waals surface area contributed by atoms with Crippen LogP contribution in [0.15, 0.2) is 0 Å². The summed E-state index contributed by atoms with van der Waals surface area (Å²) in [4.78, 5) is 12.4. The van der Waals surface area contributed by atoms with Gasteiger partial charge in [-0.1, -0.05) is 15.7 Å². The maximum atomic E-state index is 12.4. The van der Waals surface area contributed by atoms with Crippen molar-refractivity contribution in [2.45, 2.75) is 106 Å². The Morgan fingerprint density at radius 1 is 1.08 bits per heavy atom. The summed E-state index contributed by atoms with van der Waals surface area (Å²) in [5, 5.41) is -0.341. The second-order valence-electron chi connectivity index (χ2n) is 8.40. The summed E-state index contributed by atoms with van der Waals surface area (Å²) in [6.45, 7) is 0. The van der Waals surface area contributed by atoms with E-state index in [2.05, 4.69) is 9.24 Å². The number of fused-ring (bicyclic) bond motifs is 3. The standard InChI is InChI=1S/C18H27O5P/c19-15(23-18(24)6-2-1-3-7-18)8-11-4-5-14-17(22-11)9-12(20-14)16-13(10-17)21-16/h11-14,16H,1-10,24H2/t11?,12-,13-,14+,16+,17-/m1/s1. The summed E-state index contributed by atoms with van der Waals surface area (Å²) in [5.74, 6) is -0.112. The average molecular weight is 354 g/mol. The van der Waals surface area contributed by atoms with Crippen LogP contribution in [-0.4, -0.2) is 47.4 Å². The summed E-state index contributed by atoms with van der Waals surface area (Å²) < 4.78 is 24.1. The van der Waals surface area contributed by atoms with E-state index < -0.39 is 0 Å². The fourth-order valence-corrected chi connectivity index (χ4v) is 5.87. The van der Waals surface area contributed by atoms with Crippen LogP contribution in [0.2, 0.25) is 0 Å². The monoisotopic (exact) mass is 354 g/mol. The van der Waals surface area contributed by atoms with E-state index in [-0.39, 0.29) is 35.2 Å². The third-order valence-corrected chi connectivity index (χ3v) is 7.27. The number of ether oxygens (including phenoxy) is 4. The molecule has 1 spiro atoms. The third-order valence-electron chi connectivity index (χ3n) is 6.57. The third kappa shape index (κ3) is 2.72. The van der Waals surface area contributed by atoms with Gasteiger partial charge in [-0.2, -0.15) is 0 Å². The Bertz CT molecular complexity index is 530. The number of esters is 1. The quantitative estimate of drug-likeness (QED) is 0.443. The molecule has 7 atom stereocenters. The Morgan fingerprint density at radius 3 is 2.62 bits per heavy atom. The predicted molar refractivity (Wildman–Crippen MR) is 89.6 cm³/mol. The topological polar surface area (TPSA) is 57.3 Å². The molecule has 2 bridgehead atoms. The summed E-state index contributed by atoms with van der Waals surface area (Å²) in [7, 11) is 2.78. The van der Waals surface area contributed by atoms with Crippen molar-refractivity contribution in [3.05, 3.63) is 0 Å². The number of hydrogen-bond donors (Lipinski definition) is 0. The Morgan fingerprint density at radius 2 is 1.83 bits per heavy atom. The van der Waals surface area contributed by atoms with E-state index in [0.717, 1.165) is 51.4 Å². The molecule has 5 rings (SSSR count). The largest absolute Gasteiger partial charge is 0.455 e. The van der Waals surface area contributed by atoms with Crippen LogP contribution >= 0.6 is 9.24 Å². The van der Waals surface area contributed by atoms with Gasteiger partial charge in [-0.25, -0.2) is 0 Å². The number of rotatable bonds is 3. The van der Waals surface area contributed by atoms with E-state index in [1.165, 1.54) is 6.42 Å². The summed E-state index contributed by atoms with van der Waals surface area (Å²) in [6.07, 6.45) is 10.5. The van der Waals surface area contributed by atoms with E-state index >= 15 is 0 Å². The second kappa shape index (κ2) is 5.64. The van der Waals surface area contributed by atoms with E-state index in [4.69, 9.17) is 18.9 Å². The van der Waals surface area contributed by atoms with Gasteiger partial charge in [0.2, 0.25) is 0 Å². The van der Waals surface area contributed by atoms with Crippen LogP contribution < -0.4 is 0 Å². The van der Waals surface area contributed by atoms with E-state index in [9.17, 15) is 4.79 Å². The molecule has 2 aliphatic carbocycles. The van der Waals surface area contributed by atoms with Crippen LogP contribution in [-0.2, 0) is 23.7 Å². The zero-order chi connectivity index (χ0) is 16.4. The Kier molecular flexibility index (Phi) is 3.76. The molecule has 2 unspecified atom stereocenters. The molecule has 24 heavy (non-hydrogen) atoms. The highest BCUT2D eigenvalue weighted by molar-refractivity contribution is 7.18. The van der Waals surface area contributed by atoms with Crippen LogP contribution in [0.5, 0.6) is 0 Å². The number of carbonyl (C=O) groups excluding carboxylic acids is 1. The number of hydrogen-bond acceptors (Lipinski definition) is 5. The highest BCUT2D eigenvalue weighted by atomic mass is 31.0. The molecule has 3 saturated heterocycles. The van der Waals surface area contributed by atoms with Gasteiger partial charge in [0.1, 0.15) is 11.4 Å². The molecule has 6 heteroatoms. The molecule has 134 valence electrons. The molecule has 5 nitrogen and oxygen atoms in total. The normalized spacial score (nSPS) is 48.3. The van der Waals surface area contributed by atoms with E-state index in [1.807, 2.05) is 0 Å². The molecular weight excluding hydrogens is 327 g/mol. The van der Waals surface area contributed by atoms with Gasteiger partial charge in [0, 0.05) is 12.8 Å². The molecule has 0 aromatic rings. The Balaban J connectivity index is 1.20. The van der Waals surface area contributed by atoms with Crippen molar-refractivity contribution in [1.82, 2.24) is 0 Å². The fraction of sp³-hybridized carbons (Fsp3) is 0.944. The van der Waals surface area contributed by atoms with Gasteiger partial charge >= 0.3 is 5.97 Å². The predicted octanol–water partition coefficient (Wildman–Crippen LogP) is 2.70. The first kappa shape index (κ1) is 16.0. The van der Waals surface area contributed by atoms with Gasteiger partial charge in [0.05, 0.1) is 36.4 Å². The molecule has 5 fully saturated rings. The molecule has 0 aromatic heterocycles. The zero-order valence-corrected chi connectivity index (χ0v) is 15.2. The molecule has 0 N–H and O–H groups in total. The maximum Gasteiger partial charge on any atom is 0.309 e. The first-order chi connectivity index (χ1) is 11.6. The van der Waals surface area contributed by atoms with Gasteiger partial charge in [0.25, 0.3) is 0 Å². The van der Waals surface area contributed by atoms with E-state index in [1.54, 1.807) is 0 Å². The molecule has 5 aliphatic rings. The zero-order valence-electron chi connectivity index (χ0n) is 14.1.